The highest BCUT2D eigenvalue weighted by Gasteiger charge is 2.57. The van der Waals surface area contributed by atoms with Crippen LogP contribution in [0.4, 0.5) is 4.39 Å². The molecule has 2 N–H and O–H groups in total. The first-order chi connectivity index (χ1) is 10.9. The van der Waals surface area contributed by atoms with Crippen LogP contribution >= 0.6 is 7.60 Å². The number of alkyl halides is 1. The molecule has 0 aromatic heterocycles. The first-order valence-electron chi connectivity index (χ1n) is 7.27. The second-order valence-corrected chi connectivity index (χ2v) is 7.94. The number of hydrogen-bond donors (Lipinski definition) is 1. The number of aliphatic imine (C=N–C) groups is 3. The summed E-state index contributed by atoms with van der Waals surface area (Å²) in [4.78, 5) is 13.9. The average Bonchev–Trinajstić information content (AvgIpc) is 3.02. The summed E-state index contributed by atoms with van der Waals surface area (Å²) in [5, 5.41) is 0. The summed E-state index contributed by atoms with van der Waals surface area (Å²) >= 11 is 0. The number of nitrogens with two attached hydrogens (primary N) is 1. The highest BCUT2D eigenvalue weighted by atomic mass is 31.2. The third-order valence-corrected chi connectivity index (χ3v) is 5.65. The second-order valence-electron chi connectivity index (χ2n) is 5.98. The van der Waals surface area contributed by atoms with Gasteiger partial charge >= 0.3 is 7.60 Å². The Hall–Kier alpha value is -1.35. The summed E-state index contributed by atoms with van der Waals surface area (Å²) in [6.07, 6.45) is -2.32. The highest BCUT2D eigenvalue weighted by Crippen LogP contribution is 2.54. The van der Waals surface area contributed by atoms with Crippen LogP contribution in [0, 0.1) is 0 Å². The molecule has 0 saturated carbocycles. The fourth-order valence-corrected chi connectivity index (χ4v) is 4.75. The Labute approximate surface area is 131 Å². The van der Waals surface area contributed by atoms with Gasteiger partial charge in [-0.25, -0.2) is 14.4 Å². The molecule has 0 aliphatic carbocycles. The van der Waals surface area contributed by atoms with Gasteiger partial charge in [-0.05, 0) is 6.92 Å². The number of rotatable bonds is 1. The minimum Gasteiger partial charge on any atom is -0.385 e. The molecule has 4 rings (SSSR count). The SMILES string of the molecule is CC1OP(C)(=O)O[C@H]2[C@@H](F)[C@H](N3C=NC4C(N)=NC=NC43)O[C@H]12. The van der Waals surface area contributed by atoms with Crippen LogP contribution in [0.15, 0.2) is 15.0 Å². The van der Waals surface area contributed by atoms with E-state index in [2.05, 4.69) is 15.0 Å². The monoisotopic (exact) mass is 345 g/mol. The maximum atomic E-state index is 14.9. The predicted octanol–water partition coefficient (Wildman–Crippen LogP) is 0.114. The van der Waals surface area contributed by atoms with Crippen LogP contribution in [0.5, 0.6) is 0 Å². The van der Waals surface area contributed by atoms with Crippen molar-refractivity contribution in [1.82, 2.24) is 4.90 Å². The fraction of sp³-hybridized carbons (Fsp3) is 0.750. The summed E-state index contributed by atoms with van der Waals surface area (Å²) in [6, 6.07) is -0.453. The summed E-state index contributed by atoms with van der Waals surface area (Å²) in [5.41, 5.74) is 5.79. The van der Waals surface area contributed by atoms with Gasteiger partial charge in [0, 0.05) is 6.66 Å². The Balaban J connectivity index is 1.58. The van der Waals surface area contributed by atoms with Gasteiger partial charge in [0.05, 0.1) is 12.4 Å². The van der Waals surface area contributed by atoms with Gasteiger partial charge in [0.1, 0.15) is 30.4 Å². The zero-order chi connectivity index (χ0) is 16.4. The van der Waals surface area contributed by atoms with Crippen molar-refractivity contribution in [2.45, 2.75) is 49.8 Å². The van der Waals surface area contributed by atoms with Crippen molar-refractivity contribution < 1.29 is 22.7 Å². The third-order valence-electron chi connectivity index (χ3n) is 4.31. The maximum absolute atomic E-state index is 14.9. The third kappa shape index (κ3) is 2.32. The van der Waals surface area contributed by atoms with Crippen LogP contribution in [0.25, 0.3) is 0 Å². The molecule has 0 aromatic rings. The fourth-order valence-electron chi connectivity index (χ4n) is 3.30. The van der Waals surface area contributed by atoms with Crippen molar-refractivity contribution in [1.29, 1.82) is 0 Å². The Morgan fingerprint density at radius 1 is 1.35 bits per heavy atom. The summed E-state index contributed by atoms with van der Waals surface area (Å²) in [7, 11) is -3.29. The summed E-state index contributed by atoms with van der Waals surface area (Å²) in [6.45, 7) is 3.02. The van der Waals surface area contributed by atoms with Gasteiger partial charge in [-0.1, -0.05) is 0 Å². The largest absolute Gasteiger partial charge is 0.385 e. The van der Waals surface area contributed by atoms with Crippen LogP contribution < -0.4 is 5.73 Å². The second kappa shape index (κ2) is 5.07. The lowest BCUT2D eigenvalue weighted by Gasteiger charge is -2.34. The average molecular weight is 345 g/mol. The molecule has 2 saturated heterocycles. The normalized spacial score (nSPS) is 51.5. The lowest BCUT2D eigenvalue weighted by Crippen LogP contribution is -2.50. The molecular weight excluding hydrogens is 328 g/mol. The number of halogens is 1. The van der Waals surface area contributed by atoms with Crippen molar-refractivity contribution in [3.63, 3.8) is 0 Å². The first-order valence-corrected chi connectivity index (χ1v) is 9.26. The summed E-state index contributed by atoms with van der Waals surface area (Å²) in [5.74, 6) is 0.320. The molecule has 0 radical (unpaired) electrons. The van der Waals surface area contributed by atoms with Gasteiger partial charge in [0.2, 0.25) is 0 Å². The Morgan fingerprint density at radius 3 is 2.91 bits per heavy atom. The first kappa shape index (κ1) is 15.2. The lowest BCUT2D eigenvalue weighted by atomic mass is 10.1. The van der Waals surface area contributed by atoms with Crippen molar-refractivity contribution in [2.75, 3.05) is 6.66 Å². The van der Waals surface area contributed by atoms with E-state index >= 15 is 0 Å². The number of nitrogens with zero attached hydrogens (tertiary/aromatic N) is 4. The lowest BCUT2D eigenvalue weighted by molar-refractivity contribution is -0.100. The quantitative estimate of drug-likeness (QED) is 0.676. The van der Waals surface area contributed by atoms with Crippen LogP contribution in [-0.2, 0) is 18.3 Å². The van der Waals surface area contributed by atoms with Crippen molar-refractivity contribution in [3.05, 3.63) is 0 Å². The van der Waals surface area contributed by atoms with Gasteiger partial charge in [-0.2, -0.15) is 0 Å². The molecule has 0 aromatic carbocycles. The number of ether oxygens (including phenoxy) is 1. The zero-order valence-electron chi connectivity index (χ0n) is 12.5. The summed E-state index contributed by atoms with van der Waals surface area (Å²) < 4.78 is 43.4. The topological polar surface area (TPSA) is 111 Å². The Bertz CT molecular complexity index is 657. The van der Waals surface area contributed by atoms with Crippen molar-refractivity contribution >= 4 is 26.1 Å². The molecule has 0 amide bonds. The van der Waals surface area contributed by atoms with Gasteiger partial charge < -0.3 is 19.9 Å². The van der Waals surface area contributed by atoms with E-state index in [1.54, 1.807) is 11.8 Å². The van der Waals surface area contributed by atoms with E-state index in [-0.39, 0.29) is 0 Å². The minimum atomic E-state index is -3.29. The van der Waals surface area contributed by atoms with E-state index in [1.165, 1.54) is 19.3 Å². The molecule has 8 atom stereocenters. The molecule has 4 heterocycles. The molecule has 4 aliphatic heterocycles. The molecular formula is C12H17FN5O4P. The van der Waals surface area contributed by atoms with E-state index in [0.717, 1.165) is 0 Å². The van der Waals surface area contributed by atoms with Crippen molar-refractivity contribution in [3.8, 4) is 0 Å². The molecule has 4 aliphatic rings. The van der Waals surface area contributed by atoms with E-state index < -0.39 is 50.5 Å². The molecule has 23 heavy (non-hydrogen) atoms. The molecule has 2 fully saturated rings. The van der Waals surface area contributed by atoms with Gasteiger partial charge in [-0.3, -0.25) is 14.1 Å². The van der Waals surface area contributed by atoms with E-state index in [9.17, 15) is 8.96 Å². The number of amidine groups is 1. The molecule has 4 unspecified atom stereocenters. The molecule has 0 spiro atoms. The minimum absolute atomic E-state index is 0.320. The predicted molar refractivity (Wildman–Crippen MR) is 80.5 cm³/mol. The van der Waals surface area contributed by atoms with Gasteiger partial charge in [0.25, 0.3) is 0 Å². The smallest absolute Gasteiger partial charge is 0.328 e. The van der Waals surface area contributed by atoms with Crippen LogP contribution in [0.3, 0.4) is 0 Å². The van der Waals surface area contributed by atoms with E-state index in [0.29, 0.717) is 5.84 Å². The van der Waals surface area contributed by atoms with Crippen molar-refractivity contribution in [2.24, 2.45) is 20.7 Å². The van der Waals surface area contributed by atoms with Gasteiger partial charge in [-0.15, -0.1) is 0 Å². The molecule has 9 nitrogen and oxygen atoms in total. The molecule has 11 heteroatoms. The number of hydrogen-bond acceptors (Lipinski definition) is 9. The van der Waals surface area contributed by atoms with E-state index in [4.69, 9.17) is 19.5 Å². The maximum Gasteiger partial charge on any atom is 0.328 e. The highest BCUT2D eigenvalue weighted by molar-refractivity contribution is 7.53. The van der Waals surface area contributed by atoms with Gasteiger partial charge in [0.15, 0.2) is 18.6 Å². The molecule has 126 valence electrons. The van der Waals surface area contributed by atoms with E-state index in [1.807, 2.05) is 0 Å². The zero-order valence-corrected chi connectivity index (χ0v) is 13.4. The standard InChI is InChI=1S/C12H17FN5O4P/c1-5-8-9(22-23(2,19)21-5)6(13)12(20-8)18-4-17-7-10(14)15-3-16-11(7)18/h3-9,11-12H,1-2H3,(H2,14,15,16)/t5?,6-,7?,8-,9+,11?,12-,23?/m1/s1. The van der Waals surface area contributed by atoms with Crippen LogP contribution in [0.1, 0.15) is 6.92 Å². The Kier molecular flexibility index (Phi) is 3.35. The van der Waals surface area contributed by atoms with Crippen LogP contribution in [0.2, 0.25) is 0 Å². The number of fused-ring (bicyclic) bond motifs is 2. The molecule has 0 bridgehead atoms. The van der Waals surface area contributed by atoms with Crippen LogP contribution in [-0.4, -0.2) is 73.0 Å². The Morgan fingerprint density at radius 2 is 2.13 bits per heavy atom.